The van der Waals surface area contributed by atoms with Gasteiger partial charge in [-0.05, 0) is 61.2 Å². The largest absolute Gasteiger partial charge is 0.377 e. The van der Waals surface area contributed by atoms with Crippen molar-refractivity contribution in [3.63, 3.8) is 0 Å². The van der Waals surface area contributed by atoms with E-state index in [1.807, 2.05) is 18.2 Å². The van der Waals surface area contributed by atoms with Gasteiger partial charge in [-0.3, -0.25) is 0 Å². The number of benzene rings is 2. The van der Waals surface area contributed by atoms with Crippen LogP contribution in [0.2, 0.25) is 0 Å². The third kappa shape index (κ3) is 3.08. The number of nitrogens with zero attached hydrogens (tertiary/aromatic N) is 2. The predicted octanol–water partition coefficient (Wildman–Crippen LogP) is 4.85. The highest BCUT2D eigenvalue weighted by molar-refractivity contribution is 7.98. The van der Waals surface area contributed by atoms with Gasteiger partial charge in [0.05, 0.1) is 11.0 Å². The maximum Gasteiger partial charge on any atom is 0.166 e. The lowest BCUT2D eigenvalue weighted by molar-refractivity contribution is 1.06. The van der Waals surface area contributed by atoms with E-state index >= 15 is 0 Å². The van der Waals surface area contributed by atoms with E-state index in [4.69, 9.17) is 0 Å². The lowest BCUT2D eigenvalue weighted by Crippen LogP contribution is -2.13. The Bertz CT molecular complexity index is 816. The first kappa shape index (κ1) is 15.9. The van der Waals surface area contributed by atoms with E-state index < -0.39 is 0 Å². The number of aromatic amines is 1. The van der Waals surface area contributed by atoms with Gasteiger partial charge < -0.3 is 9.88 Å². The Hall–Kier alpha value is -1.94. The van der Waals surface area contributed by atoms with Gasteiger partial charge in [-0.25, -0.2) is 4.98 Å². The van der Waals surface area contributed by atoms with Crippen LogP contribution in [0.1, 0.15) is 22.3 Å². The maximum absolute atomic E-state index is 4.67. The van der Waals surface area contributed by atoms with Crippen LogP contribution in [0.15, 0.2) is 35.5 Å². The molecule has 3 nitrogen and oxygen atoms in total. The Morgan fingerprint density at radius 3 is 2.52 bits per heavy atom. The van der Waals surface area contributed by atoms with Crippen LogP contribution in [0, 0.1) is 20.8 Å². The summed E-state index contributed by atoms with van der Waals surface area (Å²) in [7, 11) is 4.22. The summed E-state index contributed by atoms with van der Waals surface area (Å²) in [4.78, 5) is 10.3. The van der Waals surface area contributed by atoms with E-state index in [1.165, 1.54) is 27.9 Å². The van der Waals surface area contributed by atoms with Gasteiger partial charge in [0.1, 0.15) is 0 Å². The Labute approximate surface area is 142 Å². The van der Waals surface area contributed by atoms with Crippen molar-refractivity contribution in [2.75, 3.05) is 19.0 Å². The second-order valence-electron chi connectivity index (χ2n) is 6.18. The zero-order valence-electron chi connectivity index (χ0n) is 14.4. The average molecular weight is 325 g/mol. The van der Waals surface area contributed by atoms with Crippen molar-refractivity contribution in [1.29, 1.82) is 0 Å². The molecule has 2 aromatic carbocycles. The van der Waals surface area contributed by atoms with E-state index in [9.17, 15) is 0 Å². The Balaban J connectivity index is 1.91. The molecule has 0 spiro atoms. The fraction of sp³-hybridized carbons (Fsp3) is 0.316. The first-order valence-corrected chi connectivity index (χ1v) is 8.80. The van der Waals surface area contributed by atoms with Crippen LogP contribution in [0.25, 0.3) is 11.0 Å². The van der Waals surface area contributed by atoms with E-state index in [1.54, 1.807) is 11.8 Å². The minimum atomic E-state index is 0.917. The number of thioether (sulfide) groups is 1. The third-order valence-electron chi connectivity index (χ3n) is 4.47. The van der Waals surface area contributed by atoms with Gasteiger partial charge >= 0.3 is 0 Å². The van der Waals surface area contributed by atoms with Gasteiger partial charge in [-0.2, -0.15) is 0 Å². The topological polar surface area (TPSA) is 31.9 Å². The van der Waals surface area contributed by atoms with Crippen molar-refractivity contribution in [2.45, 2.75) is 31.7 Å². The molecule has 0 saturated heterocycles. The molecule has 3 rings (SSSR count). The number of aryl methyl sites for hydroxylation is 1. The molecule has 0 fully saturated rings. The molecule has 4 heteroatoms. The molecular formula is C19H23N3S. The van der Waals surface area contributed by atoms with Gasteiger partial charge in [0.25, 0.3) is 0 Å². The molecule has 120 valence electrons. The summed E-state index contributed by atoms with van der Waals surface area (Å²) in [5.41, 5.74) is 8.94. The summed E-state index contributed by atoms with van der Waals surface area (Å²) in [5, 5.41) is 0.980. The zero-order valence-corrected chi connectivity index (χ0v) is 15.2. The summed E-state index contributed by atoms with van der Waals surface area (Å²) in [6, 6.07) is 10.5. The van der Waals surface area contributed by atoms with Crippen molar-refractivity contribution in [3.05, 3.63) is 52.6 Å². The smallest absolute Gasteiger partial charge is 0.166 e. The lowest BCUT2D eigenvalue weighted by Gasteiger charge is -2.22. The minimum Gasteiger partial charge on any atom is -0.377 e. The highest BCUT2D eigenvalue weighted by Crippen LogP contribution is 2.33. The number of H-pyrrole nitrogens is 1. The molecule has 23 heavy (non-hydrogen) atoms. The number of rotatable bonds is 4. The molecular weight excluding hydrogens is 302 g/mol. The highest BCUT2D eigenvalue weighted by Gasteiger charge is 2.13. The summed E-state index contributed by atoms with van der Waals surface area (Å²) < 4.78 is 0. The van der Waals surface area contributed by atoms with Crippen molar-refractivity contribution in [1.82, 2.24) is 9.97 Å². The van der Waals surface area contributed by atoms with E-state index in [2.05, 4.69) is 61.9 Å². The molecule has 0 aliphatic carbocycles. The molecule has 3 aromatic rings. The van der Waals surface area contributed by atoms with Crippen molar-refractivity contribution < 1.29 is 0 Å². The van der Waals surface area contributed by atoms with Crippen LogP contribution in [-0.4, -0.2) is 24.1 Å². The normalized spacial score (nSPS) is 11.2. The van der Waals surface area contributed by atoms with Crippen molar-refractivity contribution in [3.8, 4) is 0 Å². The molecule has 0 amide bonds. The molecule has 0 bridgehead atoms. The van der Waals surface area contributed by atoms with Gasteiger partial charge in [0.2, 0.25) is 0 Å². The molecule has 0 aliphatic heterocycles. The summed E-state index contributed by atoms with van der Waals surface area (Å²) in [6.45, 7) is 6.62. The Morgan fingerprint density at radius 1 is 1.09 bits per heavy atom. The molecule has 1 aromatic heterocycles. The van der Waals surface area contributed by atoms with Gasteiger partial charge in [0, 0.05) is 25.5 Å². The number of hydrogen-bond acceptors (Lipinski definition) is 3. The maximum atomic E-state index is 4.67. The zero-order chi connectivity index (χ0) is 16.6. The number of fused-ring (bicyclic) bond motifs is 1. The lowest BCUT2D eigenvalue weighted by atomic mass is 9.97. The predicted molar refractivity (Wildman–Crippen MR) is 101 cm³/mol. The Kier molecular flexibility index (Phi) is 4.35. The fourth-order valence-electron chi connectivity index (χ4n) is 2.83. The Morgan fingerprint density at radius 2 is 1.83 bits per heavy atom. The molecule has 0 atom stereocenters. The summed E-state index contributed by atoms with van der Waals surface area (Å²) in [6.07, 6.45) is 0. The molecule has 1 heterocycles. The second kappa shape index (κ2) is 6.28. The quantitative estimate of drug-likeness (QED) is 0.696. The monoisotopic (exact) mass is 325 g/mol. The van der Waals surface area contributed by atoms with Crippen LogP contribution in [0.3, 0.4) is 0 Å². The average Bonchev–Trinajstić information content (AvgIpc) is 2.94. The van der Waals surface area contributed by atoms with Crippen molar-refractivity contribution >= 4 is 28.5 Å². The van der Waals surface area contributed by atoms with Gasteiger partial charge in [0.15, 0.2) is 5.16 Å². The first-order valence-electron chi connectivity index (χ1n) is 7.82. The van der Waals surface area contributed by atoms with Crippen LogP contribution >= 0.6 is 11.8 Å². The SMILES string of the molecule is Cc1cc(N(C)C)c(CSc2nc3ccccc3[nH]2)c(C)c1C. The number of para-hydroxylation sites is 2. The van der Waals surface area contributed by atoms with E-state index in [0.29, 0.717) is 0 Å². The van der Waals surface area contributed by atoms with Crippen molar-refractivity contribution in [2.24, 2.45) is 0 Å². The molecule has 0 radical (unpaired) electrons. The molecule has 0 aliphatic rings. The fourth-order valence-corrected chi connectivity index (χ4v) is 3.82. The molecule has 0 unspecified atom stereocenters. The van der Waals surface area contributed by atoms with Crippen LogP contribution in [-0.2, 0) is 5.75 Å². The first-order chi connectivity index (χ1) is 11.0. The number of anilines is 1. The summed E-state index contributed by atoms with van der Waals surface area (Å²) >= 11 is 1.77. The molecule has 0 saturated carbocycles. The van der Waals surface area contributed by atoms with E-state index in [-0.39, 0.29) is 0 Å². The minimum absolute atomic E-state index is 0.917. The number of imidazole rings is 1. The van der Waals surface area contributed by atoms with Gasteiger partial charge in [-0.1, -0.05) is 23.9 Å². The van der Waals surface area contributed by atoms with Crippen LogP contribution < -0.4 is 4.90 Å². The van der Waals surface area contributed by atoms with Crippen LogP contribution in [0.5, 0.6) is 0 Å². The van der Waals surface area contributed by atoms with Crippen LogP contribution in [0.4, 0.5) is 5.69 Å². The number of nitrogens with one attached hydrogen (secondary N) is 1. The third-order valence-corrected chi connectivity index (χ3v) is 5.37. The standard InChI is InChI=1S/C19H23N3S/c1-12-10-18(22(4)5)15(14(3)13(12)2)11-23-19-20-16-8-6-7-9-17(16)21-19/h6-10H,11H2,1-5H3,(H,20,21). The highest BCUT2D eigenvalue weighted by atomic mass is 32.2. The van der Waals surface area contributed by atoms with E-state index in [0.717, 1.165) is 21.9 Å². The summed E-state index contributed by atoms with van der Waals surface area (Å²) in [5.74, 6) is 0.917. The second-order valence-corrected chi connectivity index (χ2v) is 7.15. The van der Waals surface area contributed by atoms with Gasteiger partial charge in [-0.15, -0.1) is 0 Å². The molecule has 1 N–H and O–H groups in total. The number of aromatic nitrogens is 2. The number of hydrogen-bond donors (Lipinski definition) is 1.